The molecule has 4 heteroatoms. The van der Waals surface area contributed by atoms with E-state index in [1.54, 1.807) is 4.68 Å². The van der Waals surface area contributed by atoms with E-state index in [9.17, 15) is 0 Å². The lowest BCUT2D eigenvalue weighted by atomic mass is 10.3. The summed E-state index contributed by atoms with van der Waals surface area (Å²) in [6.45, 7) is 0. The largest absolute Gasteiger partial charge is 0.242 e. The lowest BCUT2D eigenvalue weighted by Crippen LogP contribution is -1.93. The number of nitrogens with zero attached hydrogens (tertiary/aromatic N) is 3. The minimum absolute atomic E-state index is 0.660. The molecule has 0 aliphatic carbocycles. The molecule has 1 aromatic heterocycles. The number of alkyl halides is 1. The molecule has 0 bridgehead atoms. The van der Waals surface area contributed by atoms with Crippen LogP contribution in [0.4, 0.5) is 0 Å². The first kappa shape index (κ1) is 9.08. The summed E-state index contributed by atoms with van der Waals surface area (Å²) in [6.07, 6.45) is 3.23. The standard InChI is InChI=1S/C8H10ClN3/c1-12-8(10-7-11-12)5-3-2-4-6-9/h7H,2,4,6H2,1H3. The van der Waals surface area contributed by atoms with Crippen molar-refractivity contribution in [3.05, 3.63) is 12.2 Å². The lowest BCUT2D eigenvalue weighted by Gasteiger charge is -1.87. The third-order valence-electron chi connectivity index (χ3n) is 1.35. The van der Waals surface area contributed by atoms with Crippen LogP contribution in [0.1, 0.15) is 18.7 Å². The molecule has 0 amide bonds. The number of aryl methyl sites for hydroxylation is 1. The number of halogens is 1. The Morgan fingerprint density at radius 1 is 1.67 bits per heavy atom. The van der Waals surface area contributed by atoms with Crippen LogP contribution in [0.3, 0.4) is 0 Å². The van der Waals surface area contributed by atoms with E-state index in [1.165, 1.54) is 6.33 Å². The van der Waals surface area contributed by atoms with Crippen molar-refractivity contribution in [3.8, 4) is 11.8 Å². The Kier molecular flexibility index (Phi) is 3.62. The highest BCUT2D eigenvalue weighted by atomic mass is 35.5. The third-order valence-corrected chi connectivity index (χ3v) is 1.61. The number of unbranched alkanes of at least 4 members (excludes halogenated alkanes) is 1. The first-order valence-electron chi connectivity index (χ1n) is 3.73. The number of hydrogen-bond acceptors (Lipinski definition) is 2. The Morgan fingerprint density at radius 3 is 3.08 bits per heavy atom. The summed E-state index contributed by atoms with van der Waals surface area (Å²) >= 11 is 5.49. The van der Waals surface area contributed by atoms with Crippen molar-refractivity contribution in [2.75, 3.05) is 5.88 Å². The molecule has 12 heavy (non-hydrogen) atoms. The van der Waals surface area contributed by atoms with Crippen molar-refractivity contribution in [2.24, 2.45) is 7.05 Å². The van der Waals surface area contributed by atoms with Gasteiger partial charge in [-0.05, 0) is 12.3 Å². The molecular weight excluding hydrogens is 174 g/mol. The van der Waals surface area contributed by atoms with Crippen LogP contribution in [0.25, 0.3) is 0 Å². The lowest BCUT2D eigenvalue weighted by molar-refractivity contribution is 0.754. The quantitative estimate of drug-likeness (QED) is 0.392. The van der Waals surface area contributed by atoms with Gasteiger partial charge in [-0.2, -0.15) is 5.10 Å². The SMILES string of the molecule is Cn1ncnc1C#CCCCCl. The van der Waals surface area contributed by atoms with E-state index in [-0.39, 0.29) is 0 Å². The van der Waals surface area contributed by atoms with Crippen LogP contribution in [-0.2, 0) is 7.05 Å². The van der Waals surface area contributed by atoms with Crippen LogP contribution in [-0.4, -0.2) is 20.6 Å². The minimum Gasteiger partial charge on any atom is -0.242 e. The Morgan fingerprint density at radius 2 is 2.50 bits per heavy atom. The second-order valence-corrected chi connectivity index (χ2v) is 2.68. The fraction of sp³-hybridized carbons (Fsp3) is 0.500. The monoisotopic (exact) mass is 183 g/mol. The van der Waals surface area contributed by atoms with Gasteiger partial charge in [0.1, 0.15) is 6.33 Å². The van der Waals surface area contributed by atoms with Crippen molar-refractivity contribution < 1.29 is 0 Å². The molecule has 0 aromatic carbocycles. The van der Waals surface area contributed by atoms with Gasteiger partial charge in [-0.15, -0.1) is 11.6 Å². The smallest absolute Gasteiger partial charge is 0.203 e. The number of hydrogen-bond donors (Lipinski definition) is 0. The summed E-state index contributed by atoms with van der Waals surface area (Å²) in [5.41, 5.74) is 0. The molecule has 0 saturated carbocycles. The molecule has 0 fully saturated rings. The van der Waals surface area contributed by atoms with E-state index in [4.69, 9.17) is 11.6 Å². The molecule has 1 heterocycles. The highest BCUT2D eigenvalue weighted by Gasteiger charge is 1.91. The highest BCUT2D eigenvalue weighted by molar-refractivity contribution is 6.17. The zero-order valence-electron chi connectivity index (χ0n) is 6.92. The summed E-state index contributed by atoms with van der Waals surface area (Å²) in [4.78, 5) is 3.96. The van der Waals surface area contributed by atoms with Gasteiger partial charge in [0.25, 0.3) is 0 Å². The Hall–Kier alpha value is -1.01. The molecule has 0 spiro atoms. The number of rotatable bonds is 2. The summed E-state index contributed by atoms with van der Waals surface area (Å²) in [6, 6.07) is 0. The predicted octanol–water partition coefficient (Wildman–Crippen LogP) is 1.19. The van der Waals surface area contributed by atoms with Crippen molar-refractivity contribution in [3.63, 3.8) is 0 Å². The van der Waals surface area contributed by atoms with Gasteiger partial charge >= 0.3 is 0 Å². The van der Waals surface area contributed by atoms with E-state index in [1.807, 2.05) is 7.05 Å². The topological polar surface area (TPSA) is 30.7 Å². The first-order valence-corrected chi connectivity index (χ1v) is 4.27. The molecule has 0 aliphatic rings. The molecule has 0 atom stereocenters. The van der Waals surface area contributed by atoms with E-state index in [0.717, 1.165) is 12.8 Å². The van der Waals surface area contributed by atoms with E-state index >= 15 is 0 Å². The maximum Gasteiger partial charge on any atom is 0.203 e. The molecule has 0 saturated heterocycles. The summed E-state index contributed by atoms with van der Waals surface area (Å²) in [5.74, 6) is 7.24. The van der Waals surface area contributed by atoms with Crippen LogP contribution in [0.5, 0.6) is 0 Å². The van der Waals surface area contributed by atoms with Crippen molar-refractivity contribution >= 4 is 11.6 Å². The maximum absolute atomic E-state index is 5.49. The molecular formula is C8H10ClN3. The van der Waals surface area contributed by atoms with Gasteiger partial charge in [-0.1, -0.05) is 5.92 Å². The minimum atomic E-state index is 0.660. The van der Waals surface area contributed by atoms with Gasteiger partial charge in [0, 0.05) is 19.3 Å². The first-order chi connectivity index (χ1) is 5.84. The van der Waals surface area contributed by atoms with Crippen molar-refractivity contribution in [2.45, 2.75) is 12.8 Å². The van der Waals surface area contributed by atoms with Crippen molar-refractivity contribution in [1.82, 2.24) is 14.8 Å². The van der Waals surface area contributed by atoms with Gasteiger partial charge in [0.2, 0.25) is 5.82 Å². The van der Waals surface area contributed by atoms with Crippen molar-refractivity contribution in [1.29, 1.82) is 0 Å². The van der Waals surface area contributed by atoms with Gasteiger partial charge < -0.3 is 0 Å². The van der Waals surface area contributed by atoms with E-state index in [2.05, 4.69) is 21.9 Å². The summed E-state index contributed by atoms with van der Waals surface area (Å²) in [5, 5.41) is 3.89. The molecule has 1 rings (SSSR count). The molecule has 1 aromatic rings. The average Bonchev–Trinajstić information content (AvgIpc) is 2.46. The molecule has 0 N–H and O–H groups in total. The summed E-state index contributed by atoms with van der Waals surface area (Å²) < 4.78 is 1.65. The fourth-order valence-electron chi connectivity index (χ4n) is 0.706. The zero-order chi connectivity index (χ0) is 8.81. The Bertz CT molecular complexity index is 295. The molecule has 0 unspecified atom stereocenters. The zero-order valence-corrected chi connectivity index (χ0v) is 7.67. The van der Waals surface area contributed by atoms with Gasteiger partial charge in [0.15, 0.2) is 0 Å². The van der Waals surface area contributed by atoms with Crippen LogP contribution >= 0.6 is 11.6 Å². The van der Waals surface area contributed by atoms with Crippen LogP contribution in [0.15, 0.2) is 6.33 Å². The van der Waals surface area contributed by atoms with Gasteiger partial charge in [0.05, 0.1) is 0 Å². The summed E-state index contributed by atoms with van der Waals surface area (Å²) in [7, 11) is 1.82. The Balaban J connectivity index is 2.49. The van der Waals surface area contributed by atoms with Crippen LogP contribution in [0, 0.1) is 11.8 Å². The van der Waals surface area contributed by atoms with Gasteiger partial charge in [-0.25, -0.2) is 9.67 Å². The van der Waals surface area contributed by atoms with E-state index < -0.39 is 0 Å². The predicted molar refractivity (Wildman–Crippen MR) is 47.8 cm³/mol. The normalized spacial score (nSPS) is 9.17. The molecule has 0 aliphatic heterocycles. The number of aromatic nitrogens is 3. The van der Waals surface area contributed by atoms with E-state index in [0.29, 0.717) is 11.7 Å². The maximum atomic E-state index is 5.49. The third kappa shape index (κ3) is 2.55. The van der Waals surface area contributed by atoms with Gasteiger partial charge in [-0.3, -0.25) is 0 Å². The highest BCUT2D eigenvalue weighted by Crippen LogP contribution is 1.91. The molecule has 3 nitrogen and oxygen atoms in total. The Labute approximate surface area is 76.8 Å². The average molecular weight is 184 g/mol. The second kappa shape index (κ2) is 4.78. The fourth-order valence-corrected chi connectivity index (χ4v) is 0.840. The van der Waals surface area contributed by atoms with Crippen LogP contribution < -0.4 is 0 Å². The second-order valence-electron chi connectivity index (χ2n) is 2.30. The van der Waals surface area contributed by atoms with Crippen LogP contribution in [0.2, 0.25) is 0 Å². The molecule has 0 radical (unpaired) electrons. The molecule has 64 valence electrons.